The van der Waals surface area contributed by atoms with Gasteiger partial charge in [-0.05, 0) is 48.5 Å². The zero-order valence-electron chi connectivity index (χ0n) is 26.5. The Balaban J connectivity index is 0.000000260. The quantitative estimate of drug-likeness (QED) is 0.0587. The Labute approximate surface area is 297 Å². The molecule has 0 spiro atoms. The van der Waals surface area contributed by atoms with E-state index in [1.54, 1.807) is 0 Å². The molecule has 0 bridgehead atoms. The van der Waals surface area contributed by atoms with Crippen molar-refractivity contribution in [1.29, 1.82) is 0 Å². The average molecular weight is 765 g/mol. The smallest absolute Gasteiger partial charge is 0.543 e. The van der Waals surface area contributed by atoms with E-state index in [-0.39, 0.29) is 25.2 Å². The summed E-state index contributed by atoms with van der Waals surface area (Å²) in [5.74, 6) is -1.94. The third kappa shape index (κ3) is 12.4. The van der Waals surface area contributed by atoms with Gasteiger partial charge < -0.3 is 20.1 Å². The third-order valence-electron chi connectivity index (χ3n) is 7.12. The topological polar surface area (TPSA) is 100 Å². The van der Waals surface area contributed by atoms with E-state index >= 15 is 0 Å². The van der Waals surface area contributed by atoms with Crippen molar-refractivity contribution in [3.05, 3.63) is 181 Å². The number of carboxylic acids is 1. The standard InChI is InChI=1S/C26H24P2.C7H9N3O4.C5H5.Ru/c1-5-13-23(14-6-1)27(24-15-7-2-8-16-24)21-22-28(25-17-9-3-10-18-25)26-19-11-4-12-20-26;1-14-6(11)2-3-10-5(7(12)13)4-8-9-10;1-2-4-5-3-1;/h1-20H,21-22H2;2-4H,9H2,1H3,(H,12,13);1-5H;/q;;-1;+6/p+1. The van der Waals surface area contributed by atoms with E-state index in [4.69, 9.17) is 0 Å². The maximum absolute atomic E-state index is 10.7. The first-order valence-corrected chi connectivity index (χ1v) is 18.6. The number of hydrogen-bond acceptors (Lipinski definition) is 5. The molecule has 1 aliphatic rings. The number of methoxy groups -OCH3 is 1. The van der Waals surface area contributed by atoms with E-state index in [0.29, 0.717) is 0 Å². The first kappa shape index (κ1) is 38.1. The van der Waals surface area contributed by atoms with Crippen molar-refractivity contribution in [1.82, 2.24) is 5.01 Å². The van der Waals surface area contributed by atoms with Crippen molar-refractivity contribution in [2.45, 2.75) is 0 Å². The van der Waals surface area contributed by atoms with E-state index in [1.807, 2.05) is 30.3 Å². The SMILES string of the molecule is COC(=O)C=CN1[NH2+][N-]C=C1C(=O)[O-].[Ru+6].c1cc[cH-]c1.c1ccc([PH+](CC[PH+](c2ccccc2)c2ccccc2)c2ccccc2)cc1. The summed E-state index contributed by atoms with van der Waals surface area (Å²) in [4.78, 5) is 21.2. The number of hydrogen-bond donors (Lipinski definition) is 1. The van der Waals surface area contributed by atoms with Crippen LogP contribution >= 0.6 is 15.8 Å². The maximum atomic E-state index is 10.7. The van der Waals surface area contributed by atoms with Crippen LogP contribution in [0.3, 0.4) is 0 Å². The first-order valence-electron chi connectivity index (χ1n) is 15.2. The molecule has 1 aliphatic heterocycles. The minimum absolute atomic E-state index is 0. The van der Waals surface area contributed by atoms with Crippen molar-refractivity contribution in [3.8, 4) is 0 Å². The van der Waals surface area contributed by atoms with Crippen molar-refractivity contribution < 1.29 is 44.4 Å². The summed E-state index contributed by atoms with van der Waals surface area (Å²) in [5.41, 5.74) is 4.69. The van der Waals surface area contributed by atoms with Crippen molar-refractivity contribution in [2.75, 3.05) is 19.4 Å². The Morgan fingerprint density at radius 3 is 1.44 bits per heavy atom. The van der Waals surface area contributed by atoms with Crippen LogP contribution in [-0.2, 0) is 33.8 Å². The first-order chi connectivity index (χ1) is 23.1. The molecule has 0 unspecified atom stereocenters. The molecule has 10 heteroatoms. The van der Waals surface area contributed by atoms with Gasteiger partial charge >= 0.3 is 25.4 Å². The van der Waals surface area contributed by atoms with Gasteiger partial charge in [-0.1, -0.05) is 79.0 Å². The predicted octanol–water partition coefficient (Wildman–Crippen LogP) is 3.47. The fourth-order valence-corrected chi connectivity index (χ4v) is 11.0. The molecule has 0 saturated heterocycles. The van der Waals surface area contributed by atoms with Gasteiger partial charge in [0.25, 0.3) is 0 Å². The Morgan fingerprint density at radius 2 is 1.12 bits per heavy atom. The van der Waals surface area contributed by atoms with Crippen molar-refractivity contribution >= 4 is 49.0 Å². The average Bonchev–Trinajstić information content (AvgIpc) is 3.87. The second-order valence-corrected chi connectivity index (χ2v) is 15.4. The van der Waals surface area contributed by atoms with E-state index in [2.05, 4.69) is 131 Å². The molecule has 0 amide bonds. The second-order valence-electron chi connectivity index (χ2n) is 10.2. The monoisotopic (exact) mass is 765 g/mol. The summed E-state index contributed by atoms with van der Waals surface area (Å²) in [6.45, 7) is 0. The molecule has 5 aromatic carbocycles. The number of nitrogens with two attached hydrogens (primary N) is 1. The molecule has 0 radical (unpaired) electrons. The van der Waals surface area contributed by atoms with Crippen LogP contribution in [0.15, 0.2) is 176 Å². The van der Waals surface area contributed by atoms with E-state index in [1.165, 1.54) is 52.4 Å². The van der Waals surface area contributed by atoms with Gasteiger partial charge in [-0.2, -0.15) is 18.2 Å². The number of carboxylic acid groups (broad SMARTS) is 1. The van der Waals surface area contributed by atoms with Gasteiger partial charge in [0.05, 0.1) is 62.0 Å². The van der Waals surface area contributed by atoms with E-state index in [0.717, 1.165) is 17.3 Å². The van der Waals surface area contributed by atoms with Gasteiger partial charge in [0, 0.05) is 6.08 Å². The van der Waals surface area contributed by atoms with Gasteiger partial charge in [0.1, 0.15) is 12.3 Å². The Hall–Kier alpha value is -4.31. The number of nitrogens with zero attached hydrogens (tertiary/aromatic N) is 2. The molecular weight excluding hydrogens is 725 g/mol. The molecular formula is C38H39N3O4P2Ru+6. The number of quaternary nitrogens is 1. The molecule has 0 atom stereocenters. The summed E-state index contributed by atoms with van der Waals surface area (Å²) >= 11 is 0. The van der Waals surface area contributed by atoms with Gasteiger partial charge in [-0.15, -0.1) is 0 Å². The normalized spacial score (nSPS) is 11.7. The van der Waals surface area contributed by atoms with Crippen LogP contribution in [0.5, 0.6) is 0 Å². The molecule has 1 heterocycles. The number of benzene rings is 4. The number of ether oxygens (including phenoxy) is 1. The van der Waals surface area contributed by atoms with Crippen LogP contribution in [0, 0.1) is 0 Å². The fourth-order valence-electron chi connectivity index (χ4n) is 4.83. The third-order valence-corrected chi connectivity index (χ3v) is 13.2. The van der Waals surface area contributed by atoms with Gasteiger partial charge in [0.2, 0.25) is 0 Å². The van der Waals surface area contributed by atoms with Crippen LogP contribution in [0.4, 0.5) is 0 Å². The summed E-state index contributed by atoms with van der Waals surface area (Å²) in [6.07, 6.45) is 5.95. The summed E-state index contributed by atoms with van der Waals surface area (Å²) < 4.78 is 4.33. The van der Waals surface area contributed by atoms with Crippen molar-refractivity contribution in [2.24, 2.45) is 0 Å². The van der Waals surface area contributed by atoms with Crippen LogP contribution in [0.25, 0.3) is 5.43 Å². The molecule has 2 N–H and O–H groups in total. The number of rotatable bonds is 10. The van der Waals surface area contributed by atoms with Crippen LogP contribution < -0.4 is 31.9 Å². The maximum Gasteiger partial charge on any atom is 6.00 e. The van der Waals surface area contributed by atoms with Crippen molar-refractivity contribution in [3.63, 3.8) is 0 Å². The Morgan fingerprint density at radius 1 is 0.729 bits per heavy atom. The molecule has 242 valence electrons. The largest absolute Gasteiger partial charge is 6.00 e. The number of esters is 1. The zero-order chi connectivity index (χ0) is 33.1. The van der Waals surface area contributed by atoms with E-state index < -0.39 is 27.8 Å². The Bertz CT molecular complexity index is 1500. The summed E-state index contributed by atoms with van der Waals surface area (Å²) in [6, 6.07) is 54.5. The predicted molar refractivity (Wildman–Crippen MR) is 194 cm³/mol. The molecule has 6 rings (SSSR count). The fraction of sp³-hybridized carbons (Fsp3) is 0.0789. The van der Waals surface area contributed by atoms with E-state index in [9.17, 15) is 14.7 Å². The molecule has 0 aliphatic carbocycles. The van der Waals surface area contributed by atoms with Crippen LogP contribution in [0.2, 0.25) is 0 Å². The zero-order valence-corrected chi connectivity index (χ0v) is 30.3. The van der Waals surface area contributed by atoms with Crippen LogP contribution in [-0.4, -0.2) is 36.4 Å². The molecule has 48 heavy (non-hydrogen) atoms. The van der Waals surface area contributed by atoms with Gasteiger partial charge in [-0.25, -0.2) is 21.9 Å². The van der Waals surface area contributed by atoms with Gasteiger partial charge in [-0.3, -0.25) is 5.53 Å². The molecule has 5 aromatic rings. The molecule has 0 fully saturated rings. The summed E-state index contributed by atoms with van der Waals surface area (Å²) in [7, 11) is -0.344. The van der Waals surface area contributed by atoms with Crippen LogP contribution in [0.1, 0.15) is 0 Å². The van der Waals surface area contributed by atoms with Gasteiger partial charge in [0.15, 0.2) is 0 Å². The molecule has 0 saturated carbocycles. The minimum Gasteiger partial charge on any atom is -0.543 e. The molecule has 7 nitrogen and oxygen atoms in total. The second kappa shape index (κ2) is 21.5. The summed E-state index contributed by atoms with van der Waals surface area (Å²) in [5, 5.41) is 17.7. The number of carbonyl (C=O) groups is 2. The minimum atomic E-state index is -1.36. The Kier molecular flexibility index (Phi) is 17.1. The number of carbonyl (C=O) groups excluding carboxylic acids is 2. The molecule has 0 aromatic heterocycles. The number of aliphatic carboxylic acids is 1.